The first kappa shape index (κ1) is 20.6. The molecule has 2 aromatic carbocycles. The average molecular weight is 409 g/mol. The number of hydrogen-bond acceptors (Lipinski definition) is 4. The van der Waals surface area contributed by atoms with Gasteiger partial charge in [0.05, 0.1) is 4.88 Å². The molecular formula is C23H24N2O3S. The molecule has 3 aromatic rings. The molecule has 0 radical (unpaired) electrons. The highest BCUT2D eigenvalue weighted by Gasteiger charge is 2.08. The van der Waals surface area contributed by atoms with E-state index in [1.54, 1.807) is 6.07 Å². The van der Waals surface area contributed by atoms with Gasteiger partial charge < -0.3 is 15.4 Å². The van der Waals surface area contributed by atoms with E-state index in [1.165, 1.54) is 11.3 Å². The van der Waals surface area contributed by atoms with Crippen molar-refractivity contribution in [2.75, 3.05) is 6.54 Å². The number of ether oxygens (including phenoxy) is 1. The zero-order valence-corrected chi connectivity index (χ0v) is 16.9. The van der Waals surface area contributed by atoms with Crippen LogP contribution in [0.5, 0.6) is 5.75 Å². The van der Waals surface area contributed by atoms with Crippen LogP contribution in [-0.2, 0) is 17.9 Å². The molecule has 3 rings (SSSR count). The maximum atomic E-state index is 12.1. The number of carbonyl (C=O) groups is 2. The van der Waals surface area contributed by atoms with Crippen LogP contribution in [0.15, 0.2) is 72.1 Å². The van der Waals surface area contributed by atoms with Crippen LogP contribution in [0.4, 0.5) is 0 Å². The first-order valence-corrected chi connectivity index (χ1v) is 10.4. The lowest BCUT2D eigenvalue weighted by molar-refractivity contribution is -0.121. The molecule has 0 saturated heterocycles. The maximum absolute atomic E-state index is 12.1. The van der Waals surface area contributed by atoms with Gasteiger partial charge in [-0.1, -0.05) is 48.5 Å². The minimum atomic E-state index is -0.0900. The van der Waals surface area contributed by atoms with Crippen LogP contribution in [-0.4, -0.2) is 18.4 Å². The van der Waals surface area contributed by atoms with E-state index in [0.717, 1.165) is 16.9 Å². The number of para-hydroxylation sites is 1. The second kappa shape index (κ2) is 11.0. The van der Waals surface area contributed by atoms with Gasteiger partial charge in [-0.05, 0) is 41.1 Å². The Morgan fingerprint density at radius 3 is 2.38 bits per heavy atom. The van der Waals surface area contributed by atoms with Gasteiger partial charge in [0.15, 0.2) is 0 Å². The topological polar surface area (TPSA) is 67.4 Å². The van der Waals surface area contributed by atoms with Crippen molar-refractivity contribution in [2.45, 2.75) is 26.0 Å². The van der Waals surface area contributed by atoms with Gasteiger partial charge in [-0.15, -0.1) is 11.3 Å². The Hall–Kier alpha value is -3.12. The fourth-order valence-electron chi connectivity index (χ4n) is 2.78. The summed E-state index contributed by atoms with van der Waals surface area (Å²) in [4.78, 5) is 24.7. The molecule has 0 aliphatic carbocycles. The van der Waals surface area contributed by atoms with E-state index in [4.69, 9.17) is 4.74 Å². The Morgan fingerprint density at radius 1 is 0.862 bits per heavy atom. The number of thiophene rings is 1. The fourth-order valence-corrected chi connectivity index (χ4v) is 3.42. The Labute approximate surface area is 174 Å². The lowest BCUT2D eigenvalue weighted by Gasteiger charge is -2.12. The van der Waals surface area contributed by atoms with Crippen molar-refractivity contribution in [1.82, 2.24) is 10.6 Å². The van der Waals surface area contributed by atoms with Gasteiger partial charge in [0, 0.05) is 19.5 Å². The highest BCUT2D eigenvalue weighted by Crippen LogP contribution is 2.15. The van der Waals surface area contributed by atoms with Crippen molar-refractivity contribution >= 4 is 23.2 Å². The largest absolute Gasteiger partial charge is 0.489 e. The van der Waals surface area contributed by atoms with Crippen LogP contribution in [0.1, 0.15) is 33.6 Å². The van der Waals surface area contributed by atoms with Gasteiger partial charge in [-0.2, -0.15) is 0 Å². The maximum Gasteiger partial charge on any atom is 0.261 e. The van der Waals surface area contributed by atoms with E-state index in [2.05, 4.69) is 10.6 Å². The lowest BCUT2D eigenvalue weighted by atomic mass is 10.1. The third-order valence-corrected chi connectivity index (χ3v) is 5.21. The molecule has 0 bridgehead atoms. The van der Waals surface area contributed by atoms with E-state index < -0.39 is 0 Å². The quantitative estimate of drug-likeness (QED) is 0.495. The van der Waals surface area contributed by atoms with Gasteiger partial charge in [0.25, 0.3) is 5.91 Å². The van der Waals surface area contributed by atoms with Gasteiger partial charge in [-0.25, -0.2) is 0 Å². The highest BCUT2D eigenvalue weighted by molar-refractivity contribution is 7.12. The number of carbonyl (C=O) groups excluding carboxylic acids is 2. The molecule has 5 nitrogen and oxygen atoms in total. The van der Waals surface area contributed by atoms with Crippen molar-refractivity contribution in [1.29, 1.82) is 0 Å². The molecule has 1 aromatic heterocycles. The molecule has 0 spiro atoms. The number of benzene rings is 2. The molecule has 150 valence electrons. The Bertz CT molecular complexity index is 911. The zero-order valence-electron chi connectivity index (χ0n) is 16.1. The highest BCUT2D eigenvalue weighted by atomic mass is 32.1. The standard InChI is InChI=1S/C23H24N2O3S/c26-22(13-6-14-24-23(27)21-12-7-15-29-21)25-16-18-8-4-5-9-19(18)17-28-20-10-2-1-3-11-20/h1-5,7-12,15H,6,13-14,16-17H2,(H,24,27)(H,25,26). The summed E-state index contributed by atoms with van der Waals surface area (Å²) >= 11 is 1.40. The molecule has 2 amide bonds. The molecule has 0 atom stereocenters. The van der Waals surface area contributed by atoms with Crippen molar-refractivity contribution in [2.24, 2.45) is 0 Å². The number of hydrogen-bond donors (Lipinski definition) is 2. The molecule has 1 heterocycles. The second-order valence-corrected chi connectivity index (χ2v) is 7.43. The van der Waals surface area contributed by atoms with E-state index in [1.807, 2.05) is 66.0 Å². The third-order valence-electron chi connectivity index (χ3n) is 4.34. The minimum absolute atomic E-state index is 0.0332. The summed E-state index contributed by atoms with van der Waals surface area (Å²) in [6.07, 6.45) is 0.967. The summed E-state index contributed by atoms with van der Waals surface area (Å²) in [7, 11) is 0. The first-order chi connectivity index (χ1) is 14.2. The first-order valence-electron chi connectivity index (χ1n) is 9.55. The smallest absolute Gasteiger partial charge is 0.261 e. The number of amides is 2. The fraction of sp³-hybridized carbons (Fsp3) is 0.217. The van der Waals surface area contributed by atoms with Crippen LogP contribution in [0.25, 0.3) is 0 Å². The second-order valence-electron chi connectivity index (χ2n) is 6.48. The third kappa shape index (κ3) is 6.76. The van der Waals surface area contributed by atoms with Crippen molar-refractivity contribution in [3.63, 3.8) is 0 Å². The van der Waals surface area contributed by atoms with E-state index in [0.29, 0.717) is 37.4 Å². The Morgan fingerprint density at radius 2 is 1.62 bits per heavy atom. The molecule has 0 saturated carbocycles. The SMILES string of the molecule is O=C(CCCNC(=O)c1cccs1)NCc1ccccc1COc1ccccc1. The number of nitrogens with one attached hydrogen (secondary N) is 2. The molecule has 0 aliphatic rings. The molecule has 0 aliphatic heterocycles. The van der Waals surface area contributed by atoms with Crippen molar-refractivity contribution in [3.8, 4) is 5.75 Å². The number of rotatable bonds is 10. The normalized spacial score (nSPS) is 10.3. The minimum Gasteiger partial charge on any atom is -0.489 e. The van der Waals surface area contributed by atoms with Gasteiger partial charge in [0.1, 0.15) is 12.4 Å². The van der Waals surface area contributed by atoms with Gasteiger partial charge >= 0.3 is 0 Å². The van der Waals surface area contributed by atoms with Crippen LogP contribution < -0.4 is 15.4 Å². The summed E-state index contributed by atoms with van der Waals surface area (Å²) < 4.78 is 5.82. The van der Waals surface area contributed by atoms with Crippen LogP contribution in [0, 0.1) is 0 Å². The summed E-state index contributed by atoms with van der Waals surface area (Å²) in [5, 5.41) is 7.64. The van der Waals surface area contributed by atoms with Crippen LogP contribution in [0.2, 0.25) is 0 Å². The van der Waals surface area contributed by atoms with E-state index in [9.17, 15) is 9.59 Å². The van der Waals surface area contributed by atoms with Gasteiger partial charge in [0.2, 0.25) is 5.91 Å². The van der Waals surface area contributed by atoms with E-state index in [-0.39, 0.29) is 11.8 Å². The van der Waals surface area contributed by atoms with Crippen LogP contribution in [0.3, 0.4) is 0 Å². The summed E-state index contributed by atoms with van der Waals surface area (Å²) in [5.41, 5.74) is 2.07. The van der Waals surface area contributed by atoms with Crippen LogP contribution >= 0.6 is 11.3 Å². The Kier molecular flexibility index (Phi) is 7.83. The molecular weight excluding hydrogens is 384 g/mol. The molecule has 0 unspecified atom stereocenters. The zero-order chi connectivity index (χ0) is 20.3. The van der Waals surface area contributed by atoms with E-state index >= 15 is 0 Å². The predicted octanol–water partition coefficient (Wildman–Crippen LogP) is 4.15. The molecule has 6 heteroatoms. The predicted molar refractivity (Wildman–Crippen MR) is 115 cm³/mol. The van der Waals surface area contributed by atoms with Crippen molar-refractivity contribution < 1.29 is 14.3 Å². The summed E-state index contributed by atoms with van der Waals surface area (Å²) in [5.74, 6) is 0.692. The lowest BCUT2D eigenvalue weighted by Crippen LogP contribution is -2.27. The summed E-state index contributed by atoms with van der Waals surface area (Å²) in [6.45, 7) is 1.38. The molecule has 0 fully saturated rings. The molecule has 2 N–H and O–H groups in total. The average Bonchev–Trinajstić information content (AvgIpc) is 3.30. The monoisotopic (exact) mass is 408 g/mol. The van der Waals surface area contributed by atoms with Gasteiger partial charge in [-0.3, -0.25) is 9.59 Å². The summed E-state index contributed by atoms with van der Waals surface area (Å²) in [6, 6.07) is 21.2. The molecule has 29 heavy (non-hydrogen) atoms. The van der Waals surface area contributed by atoms with Crippen molar-refractivity contribution in [3.05, 3.63) is 88.1 Å². The Balaban J connectivity index is 1.39.